The number of fused-ring (bicyclic) bond motifs is 1. The van der Waals surface area contributed by atoms with Gasteiger partial charge in [0.15, 0.2) is 0 Å². The van der Waals surface area contributed by atoms with Crippen LogP contribution in [0, 0.1) is 0 Å². The topological polar surface area (TPSA) is 93.8 Å². The number of nitrogens with zero attached hydrogens (tertiary/aromatic N) is 1. The molecule has 0 aliphatic heterocycles. The molecule has 0 fully saturated rings. The van der Waals surface area contributed by atoms with Gasteiger partial charge < -0.3 is 10.5 Å². The lowest BCUT2D eigenvalue weighted by molar-refractivity contribution is 0.0735. The lowest BCUT2D eigenvalue weighted by Crippen LogP contribution is -2.24. The summed E-state index contributed by atoms with van der Waals surface area (Å²) >= 11 is 11.9. The fourth-order valence-corrected chi connectivity index (χ4v) is 2.95. The van der Waals surface area contributed by atoms with E-state index in [-0.39, 0.29) is 16.3 Å². The van der Waals surface area contributed by atoms with Crippen LogP contribution in [-0.4, -0.2) is 18.2 Å². The van der Waals surface area contributed by atoms with Gasteiger partial charge in [0.1, 0.15) is 5.75 Å². The number of rotatable bonds is 4. The molecule has 0 aliphatic rings. The lowest BCUT2D eigenvalue weighted by Gasteiger charge is -2.11. The highest BCUT2D eigenvalue weighted by atomic mass is 35.5. The standard InChI is InChI=1S/C19H13Cl2N3O3/c20-12-6-7-14(16(21)9-12)18(25)27-17-8-5-11-3-1-2-4-13(11)15(17)10-23-24-19(22)26/h1-10H,(H3,22,24,26)/b23-10-. The molecule has 0 atom stereocenters. The van der Waals surface area contributed by atoms with E-state index in [4.69, 9.17) is 33.7 Å². The van der Waals surface area contributed by atoms with Gasteiger partial charge in [-0.1, -0.05) is 53.5 Å². The Hall–Kier alpha value is -3.09. The summed E-state index contributed by atoms with van der Waals surface area (Å²) < 4.78 is 5.52. The van der Waals surface area contributed by atoms with Crippen LogP contribution in [0.2, 0.25) is 10.0 Å². The van der Waals surface area contributed by atoms with E-state index in [1.807, 2.05) is 24.3 Å². The average molecular weight is 402 g/mol. The van der Waals surface area contributed by atoms with E-state index in [1.165, 1.54) is 18.3 Å². The summed E-state index contributed by atoms with van der Waals surface area (Å²) in [5, 5.41) is 6.05. The van der Waals surface area contributed by atoms with Crippen molar-refractivity contribution >= 4 is 52.2 Å². The summed E-state index contributed by atoms with van der Waals surface area (Å²) in [6, 6.07) is 14.6. The van der Waals surface area contributed by atoms with Crippen LogP contribution in [-0.2, 0) is 0 Å². The van der Waals surface area contributed by atoms with E-state index >= 15 is 0 Å². The van der Waals surface area contributed by atoms with Gasteiger partial charge in [0.25, 0.3) is 0 Å². The quantitative estimate of drug-likeness (QED) is 0.294. The number of carbonyl (C=O) groups excluding carboxylic acids is 2. The maximum atomic E-state index is 12.5. The zero-order chi connectivity index (χ0) is 19.4. The molecule has 0 aromatic heterocycles. The first-order valence-corrected chi connectivity index (χ1v) is 8.49. The number of nitrogens with two attached hydrogens (primary N) is 1. The number of benzene rings is 3. The summed E-state index contributed by atoms with van der Waals surface area (Å²) in [5.74, 6) is -0.399. The normalized spacial score (nSPS) is 10.9. The lowest BCUT2D eigenvalue weighted by atomic mass is 10.0. The second kappa shape index (κ2) is 8.07. The Morgan fingerprint density at radius 3 is 2.59 bits per heavy atom. The van der Waals surface area contributed by atoms with Gasteiger partial charge in [-0.15, -0.1) is 0 Å². The molecule has 8 heteroatoms. The summed E-state index contributed by atoms with van der Waals surface area (Å²) in [6.07, 6.45) is 1.36. The van der Waals surface area contributed by atoms with Crippen molar-refractivity contribution in [3.05, 3.63) is 75.8 Å². The first-order chi connectivity index (χ1) is 13.0. The summed E-state index contributed by atoms with van der Waals surface area (Å²) in [5.41, 5.74) is 7.81. The molecule has 0 radical (unpaired) electrons. The molecule has 3 rings (SSSR count). The number of carbonyl (C=O) groups is 2. The van der Waals surface area contributed by atoms with Crippen molar-refractivity contribution in [1.29, 1.82) is 0 Å². The van der Waals surface area contributed by atoms with E-state index in [0.717, 1.165) is 10.8 Å². The minimum atomic E-state index is -0.807. The summed E-state index contributed by atoms with van der Waals surface area (Å²) in [7, 11) is 0. The van der Waals surface area contributed by atoms with Gasteiger partial charge in [-0.2, -0.15) is 5.10 Å². The van der Waals surface area contributed by atoms with E-state index < -0.39 is 12.0 Å². The molecule has 3 aromatic rings. The van der Waals surface area contributed by atoms with Gasteiger partial charge in [0, 0.05) is 10.6 Å². The van der Waals surface area contributed by atoms with Crippen molar-refractivity contribution in [3.63, 3.8) is 0 Å². The number of hydrogen-bond acceptors (Lipinski definition) is 4. The number of esters is 1. The predicted octanol–water partition coefficient (Wildman–Crippen LogP) is 4.37. The number of nitrogens with one attached hydrogen (secondary N) is 1. The van der Waals surface area contributed by atoms with Crippen LogP contribution in [0.1, 0.15) is 15.9 Å². The molecule has 6 nitrogen and oxygen atoms in total. The van der Waals surface area contributed by atoms with Crippen LogP contribution in [0.4, 0.5) is 4.79 Å². The number of urea groups is 1. The molecular formula is C19H13Cl2N3O3. The predicted molar refractivity (Wildman–Crippen MR) is 106 cm³/mol. The molecule has 0 heterocycles. The summed E-state index contributed by atoms with van der Waals surface area (Å²) in [4.78, 5) is 23.4. The van der Waals surface area contributed by atoms with Crippen LogP contribution < -0.4 is 15.9 Å². The van der Waals surface area contributed by atoms with Gasteiger partial charge in [-0.25, -0.2) is 15.0 Å². The Morgan fingerprint density at radius 2 is 1.85 bits per heavy atom. The van der Waals surface area contributed by atoms with Gasteiger partial charge >= 0.3 is 12.0 Å². The van der Waals surface area contributed by atoms with Crippen LogP contribution in [0.15, 0.2) is 59.7 Å². The average Bonchev–Trinajstić information content (AvgIpc) is 2.62. The molecular weight excluding hydrogens is 389 g/mol. The Bertz CT molecular complexity index is 1070. The van der Waals surface area contributed by atoms with Crippen molar-refractivity contribution in [2.45, 2.75) is 0 Å². The second-order valence-corrected chi connectivity index (χ2v) is 6.29. The smallest absolute Gasteiger partial charge is 0.345 e. The van der Waals surface area contributed by atoms with E-state index in [2.05, 4.69) is 10.5 Å². The highest BCUT2D eigenvalue weighted by Crippen LogP contribution is 2.29. The Kier molecular flexibility index (Phi) is 5.59. The minimum absolute atomic E-state index is 0.173. The Morgan fingerprint density at radius 1 is 1.07 bits per heavy atom. The highest BCUT2D eigenvalue weighted by molar-refractivity contribution is 6.36. The van der Waals surface area contributed by atoms with Crippen molar-refractivity contribution in [2.75, 3.05) is 0 Å². The number of ether oxygens (including phenoxy) is 1. The third kappa shape index (κ3) is 4.36. The first kappa shape index (κ1) is 18.7. The maximum Gasteiger partial charge on any atom is 0.345 e. The van der Waals surface area contributed by atoms with Crippen molar-refractivity contribution < 1.29 is 14.3 Å². The van der Waals surface area contributed by atoms with Gasteiger partial charge in [0.05, 0.1) is 16.8 Å². The van der Waals surface area contributed by atoms with Crippen molar-refractivity contribution in [1.82, 2.24) is 5.43 Å². The largest absolute Gasteiger partial charge is 0.422 e. The Labute approximate surface area is 164 Å². The van der Waals surface area contributed by atoms with Crippen LogP contribution in [0.3, 0.4) is 0 Å². The molecule has 2 amide bonds. The number of amides is 2. The number of hydrazone groups is 1. The van der Waals surface area contributed by atoms with Crippen molar-refractivity contribution in [2.24, 2.45) is 10.8 Å². The number of halogens is 2. The monoisotopic (exact) mass is 401 g/mol. The third-order valence-corrected chi connectivity index (χ3v) is 4.20. The zero-order valence-electron chi connectivity index (χ0n) is 13.8. The third-order valence-electron chi connectivity index (χ3n) is 3.65. The van der Waals surface area contributed by atoms with E-state index in [9.17, 15) is 9.59 Å². The minimum Gasteiger partial charge on any atom is -0.422 e. The molecule has 27 heavy (non-hydrogen) atoms. The SMILES string of the molecule is NC(=O)N/N=C\c1c(OC(=O)c2ccc(Cl)cc2Cl)ccc2ccccc12. The van der Waals surface area contributed by atoms with Crippen LogP contribution in [0.5, 0.6) is 5.75 Å². The molecule has 0 unspecified atom stereocenters. The first-order valence-electron chi connectivity index (χ1n) is 7.73. The summed E-state index contributed by atoms with van der Waals surface area (Å²) in [6.45, 7) is 0. The highest BCUT2D eigenvalue weighted by Gasteiger charge is 2.16. The van der Waals surface area contributed by atoms with Gasteiger partial charge in [-0.05, 0) is 35.0 Å². The fourth-order valence-electron chi connectivity index (χ4n) is 2.47. The fraction of sp³-hybridized carbons (Fsp3) is 0. The molecule has 0 spiro atoms. The van der Waals surface area contributed by atoms with Gasteiger partial charge in [-0.3, -0.25) is 0 Å². The zero-order valence-corrected chi connectivity index (χ0v) is 15.3. The van der Waals surface area contributed by atoms with Crippen molar-refractivity contribution in [3.8, 4) is 5.75 Å². The molecule has 0 saturated carbocycles. The molecule has 0 saturated heterocycles. The second-order valence-electron chi connectivity index (χ2n) is 5.45. The molecule has 0 aliphatic carbocycles. The molecule has 136 valence electrons. The number of hydrogen-bond donors (Lipinski definition) is 2. The number of primary amides is 1. The van der Waals surface area contributed by atoms with E-state index in [0.29, 0.717) is 10.6 Å². The van der Waals surface area contributed by atoms with E-state index in [1.54, 1.807) is 18.2 Å². The molecule has 0 bridgehead atoms. The molecule has 3 aromatic carbocycles. The van der Waals surface area contributed by atoms with Crippen LogP contribution >= 0.6 is 23.2 Å². The van der Waals surface area contributed by atoms with Crippen LogP contribution in [0.25, 0.3) is 10.8 Å². The van der Waals surface area contributed by atoms with Gasteiger partial charge in [0.2, 0.25) is 0 Å². The maximum absolute atomic E-state index is 12.5. The Balaban J connectivity index is 2.01. The molecule has 3 N–H and O–H groups in total.